The molecular formula is C12H6Br2F6. The Morgan fingerprint density at radius 1 is 0.700 bits per heavy atom. The van der Waals surface area contributed by atoms with E-state index in [2.05, 4.69) is 31.9 Å². The second-order valence-electron chi connectivity index (χ2n) is 3.65. The van der Waals surface area contributed by atoms with Crippen LogP contribution in [0.1, 0.15) is 11.1 Å². The van der Waals surface area contributed by atoms with Crippen molar-refractivity contribution in [2.75, 3.05) is 0 Å². The minimum absolute atomic E-state index is 0.217. The summed E-state index contributed by atoms with van der Waals surface area (Å²) in [5.74, 6) is 0. The lowest BCUT2D eigenvalue weighted by Gasteiger charge is -2.06. The summed E-state index contributed by atoms with van der Waals surface area (Å²) in [7, 11) is 0. The Kier molecular flexibility index (Phi) is 5.48. The Balaban J connectivity index is 2.96. The van der Waals surface area contributed by atoms with Crippen molar-refractivity contribution in [1.82, 2.24) is 0 Å². The highest BCUT2D eigenvalue weighted by Crippen LogP contribution is 2.33. The van der Waals surface area contributed by atoms with E-state index in [1.54, 1.807) is 0 Å². The van der Waals surface area contributed by atoms with Crippen molar-refractivity contribution in [2.24, 2.45) is 0 Å². The summed E-state index contributed by atoms with van der Waals surface area (Å²) in [6, 6.07) is 5.15. The molecule has 0 radical (unpaired) electrons. The predicted octanol–water partition coefficient (Wildman–Crippen LogP) is 6.28. The molecule has 8 heteroatoms. The highest BCUT2D eigenvalue weighted by molar-refractivity contribution is 9.12. The molecule has 0 amide bonds. The number of benzene rings is 1. The summed E-state index contributed by atoms with van der Waals surface area (Å²) < 4.78 is 71.6. The molecule has 0 N–H and O–H groups in total. The van der Waals surface area contributed by atoms with Crippen molar-refractivity contribution >= 4 is 44.0 Å². The summed E-state index contributed by atoms with van der Waals surface area (Å²) in [6.45, 7) is 0. The van der Waals surface area contributed by atoms with Crippen LogP contribution >= 0.6 is 31.9 Å². The first-order chi connectivity index (χ1) is 9.00. The maximum Gasteiger partial charge on any atom is 0.422 e. The fourth-order valence-corrected chi connectivity index (χ4v) is 1.67. The molecular weight excluding hydrogens is 418 g/mol. The van der Waals surface area contributed by atoms with E-state index in [4.69, 9.17) is 0 Å². The van der Waals surface area contributed by atoms with Gasteiger partial charge in [0.1, 0.15) is 0 Å². The Morgan fingerprint density at radius 3 is 1.15 bits per heavy atom. The topological polar surface area (TPSA) is 0 Å². The molecule has 0 aromatic heterocycles. The van der Waals surface area contributed by atoms with Crippen molar-refractivity contribution in [1.29, 1.82) is 0 Å². The number of hydrogen-bond acceptors (Lipinski definition) is 0. The molecule has 1 rings (SSSR count). The second kappa shape index (κ2) is 6.34. The van der Waals surface area contributed by atoms with E-state index in [1.807, 2.05) is 0 Å². The molecule has 0 saturated heterocycles. The third-order valence-corrected chi connectivity index (χ3v) is 3.42. The highest BCUT2D eigenvalue weighted by Gasteiger charge is 2.32. The molecule has 0 fully saturated rings. The molecule has 1 aromatic rings. The maximum atomic E-state index is 12.3. The van der Waals surface area contributed by atoms with Gasteiger partial charge in [-0.2, -0.15) is 26.3 Å². The number of hydrogen-bond donors (Lipinski definition) is 0. The smallest absolute Gasteiger partial charge is 0.166 e. The van der Waals surface area contributed by atoms with Crippen LogP contribution < -0.4 is 0 Å². The lowest BCUT2D eigenvalue weighted by atomic mass is 10.1. The lowest BCUT2D eigenvalue weighted by Crippen LogP contribution is -2.06. The van der Waals surface area contributed by atoms with Gasteiger partial charge in [0.2, 0.25) is 0 Å². The van der Waals surface area contributed by atoms with Crippen molar-refractivity contribution < 1.29 is 26.3 Å². The average Bonchev–Trinajstić information content (AvgIpc) is 2.29. The summed E-state index contributed by atoms with van der Waals surface area (Å²) in [6.07, 6.45) is -7.33. The zero-order valence-corrected chi connectivity index (χ0v) is 12.7. The normalized spacial score (nSPS) is 14.6. The number of halogens is 8. The zero-order chi connectivity index (χ0) is 15.6. The molecule has 1 aromatic carbocycles. The third-order valence-electron chi connectivity index (χ3n) is 2.06. The summed E-state index contributed by atoms with van der Waals surface area (Å²) in [5.41, 5.74) is 0.434. The molecule has 0 atom stereocenters. The standard InChI is InChI=1S/C12H6Br2F6/c13-9(11(15,16)17)5-7-1-2-8(4-3-7)6-10(14)12(18,19)20/h1-6H/b9-5-,10-6-. The Hall–Kier alpha value is -0.760. The molecule has 0 bridgehead atoms. The van der Waals surface area contributed by atoms with Crippen molar-refractivity contribution in [2.45, 2.75) is 12.4 Å². The van der Waals surface area contributed by atoms with E-state index in [0.717, 1.165) is 12.2 Å². The van der Waals surface area contributed by atoms with Crippen LogP contribution in [0.15, 0.2) is 33.2 Å². The first-order valence-corrected chi connectivity index (χ1v) is 6.57. The van der Waals surface area contributed by atoms with Gasteiger partial charge in [-0.1, -0.05) is 24.3 Å². The summed E-state index contributed by atoms with van der Waals surface area (Å²) in [4.78, 5) is 0. The van der Waals surface area contributed by atoms with Gasteiger partial charge in [-0.15, -0.1) is 0 Å². The van der Waals surface area contributed by atoms with Gasteiger partial charge in [-0.05, 0) is 55.1 Å². The Morgan fingerprint density at radius 2 is 0.950 bits per heavy atom. The van der Waals surface area contributed by atoms with Gasteiger partial charge in [0.25, 0.3) is 0 Å². The number of allylic oxidation sites excluding steroid dienone is 2. The summed E-state index contributed by atoms with van der Waals surface area (Å²) >= 11 is 4.78. The maximum absolute atomic E-state index is 12.3. The van der Waals surface area contributed by atoms with Crippen LogP contribution in [0, 0.1) is 0 Å². The van der Waals surface area contributed by atoms with Crippen LogP contribution in [0.3, 0.4) is 0 Å². The van der Waals surface area contributed by atoms with E-state index in [0.29, 0.717) is 0 Å². The van der Waals surface area contributed by atoms with Crippen LogP contribution in [0.4, 0.5) is 26.3 Å². The van der Waals surface area contributed by atoms with Crippen LogP contribution in [0.2, 0.25) is 0 Å². The molecule has 0 aliphatic carbocycles. The van der Waals surface area contributed by atoms with Gasteiger partial charge in [0.15, 0.2) is 0 Å². The van der Waals surface area contributed by atoms with E-state index in [9.17, 15) is 26.3 Å². The molecule has 0 unspecified atom stereocenters. The fourth-order valence-electron chi connectivity index (χ4n) is 1.14. The molecule has 0 nitrogen and oxygen atoms in total. The third kappa shape index (κ3) is 5.32. The number of alkyl halides is 6. The monoisotopic (exact) mass is 422 g/mol. The first-order valence-electron chi connectivity index (χ1n) is 4.99. The average molecular weight is 424 g/mol. The zero-order valence-electron chi connectivity index (χ0n) is 9.49. The van der Waals surface area contributed by atoms with Crippen LogP contribution in [-0.2, 0) is 0 Å². The first kappa shape index (κ1) is 17.3. The minimum atomic E-state index is -4.50. The molecule has 0 heterocycles. The van der Waals surface area contributed by atoms with Gasteiger partial charge in [0.05, 0.1) is 8.96 Å². The molecule has 0 spiro atoms. The minimum Gasteiger partial charge on any atom is -0.166 e. The number of rotatable bonds is 2. The van der Waals surface area contributed by atoms with Crippen molar-refractivity contribution in [3.63, 3.8) is 0 Å². The molecule has 0 saturated carbocycles. The van der Waals surface area contributed by atoms with E-state index >= 15 is 0 Å². The van der Waals surface area contributed by atoms with Gasteiger partial charge in [-0.3, -0.25) is 0 Å². The van der Waals surface area contributed by atoms with Crippen LogP contribution in [0.25, 0.3) is 12.2 Å². The SMILES string of the molecule is FC(F)(F)/C(Br)=C/c1ccc(/C=C(\Br)C(F)(F)F)cc1. The van der Waals surface area contributed by atoms with E-state index < -0.39 is 21.3 Å². The van der Waals surface area contributed by atoms with Gasteiger partial charge < -0.3 is 0 Å². The highest BCUT2D eigenvalue weighted by atomic mass is 79.9. The van der Waals surface area contributed by atoms with Crippen LogP contribution in [0.5, 0.6) is 0 Å². The van der Waals surface area contributed by atoms with Gasteiger partial charge in [0, 0.05) is 0 Å². The Bertz CT molecular complexity index is 473. The quantitative estimate of drug-likeness (QED) is 0.491. The molecule has 20 heavy (non-hydrogen) atoms. The predicted molar refractivity (Wildman–Crippen MR) is 72.4 cm³/mol. The van der Waals surface area contributed by atoms with Gasteiger partial charge >= 0.3 is 12.4 Å². The fraction of sp³-hybridized carbons (Fsp3) is 0.167. The Labute approximate surface area is 127 Å². The summed E-state index contributed by atoms with van der Waals surface area (Å²) in [5, 5.41) is 0. The second-order valence-corrected chi connectivity index (χ2v) is 5.36. The van der Waals surface area contributed by atoms with E-state index in [1.165, 1.54) is 24.3 Å². The van der Waals surface area contributed by atoms with E-state index in [-0.39, 0.29) is 11.1 Å². The lowest BCUT2D eigenvalue weighted by molar-refractivity contribution is -0.0830. The van der Waals surface area contributed by atoms with Gasteiger partial charge in [-0.25, -0.2) is 0 Å². The largest absolute Gasteiger partial charge is 0.422 e. The molecule has 0 aliphatic heterocycles. The molecule has 0 aliphatic rings. The van der Waals surface area contributed by atoms with Crippen LogP contribution in [-0.4, -0.2) is 12.4 Å². The van der Waals surface area contributed by atoms with Crippen molar-refractivity contribution in [3.8, 4) is 0 Å². The van der Waals surface area contributed by atoms with Crippen molar-refractivity contribution in [3.05, 3.63) is 44.4 Å². The molecule has 110 valence electrons.